The van der Waals surface area contributed by atoms with Crippen LogP contribution < -0.4 is 4.90 Å². The van der Waals surface area contributed by atoms with Gasteiger partial charge >= 0.3 is 0 Å². The first-order chi connectivity index (χ1) is 37.2. The van der Waals surface area contributed by atoms with Gasteiger partial charge in [0, 0.05) is 62.1 Å². The van der Waals surface area contributed by atoms with Crippen molar-refractivity contribution in [2.45, 2.75) is 31.6 Å². The Morgan fingerprint density at radius 2 is 0.947 bits per heavy atom. The van der Waals surface area contributed by atoms with Crippen molar-refractivity contribution in [3.8, 4) is 33.6 Å². The van der Waals surface area contributed by atoms with Crippen LogP contribution in [0.15, 0.2) is 278 Å². The lowest BCUT2D eigenvalue weighted by Gasteiger charge is -2.30. The van der Waals surface area contributed by atoms with E-state index in [0.717, 1.165) is 37.1 Å². The first-order valence-electron chi connectivity index (χ1n) is 26.6. The van der Waals surface area contributed by atoms with Gasteiger partial charge in [-0.1, -0.05) is 200 Å². The Morgan fingerprint density at radius 1 is 0.427 bits per heavy atom. The molecule has 358 valence electrons. The fourth-order valence-corrected chi connectivity index (χ4v) is 12.1. The van der Waals surface area contributed by atoms with Crippen molar-refractivity contribution in [3.05, 3.63) is 301 Å². The lowest BCUT2D eigenvalue weighted by Crippen LogP contribution is -2.19. The molecule has 2 aromatic heterocycles. The molecular formula is C72H55N3. The molecule has 0 saturated heterocycles. The second kappa shape index (κ2) is 19.0. The standard InChI is InChI=1S/C72H55N3/c1-2-4-15-58(14-3-1)63-20-13-25-68(63)73(59-42-34-54(35-43-59)50-26-30-52(31-27-50)56-38-46-61(47-39-56)74-69-21-9-5-16-64(69)65-17-6-10-22-70(65)74)60-44-36-55(37-45-60)51-28-32-53(33-29-51)57-40-48-62(49-41-57)75-71-23-11-7-18-66(71)67-19-8-12-24-72(67)75/h1-7,9-12,14-18,20-26,28-50,58H,8,13,19,27H2. The molecule has 8 aromatic carbocycles. The summed E-state index contributed by atoms with van der Waals surface area (Å²) in [6.45, 7) is 0. The first kappa shape index (κ1) is 44.5. The predicted octanol–water partition coefficient (Wildman–Crippen LogP) is 18.8. The van der Waals surface area contributed by atoms with Crippen molar-refractivity contribution in [1.29, 1.82) is 0 Å². The van der Waals surface area contributed by atoms with Gasteiger partial charge in [-0.3, -0.25) is 0 Å². The summed E-state index contributed by atoms with van der Waals surface area (Å²) in [7, 11) is 0. The summed E-state index contributed by atoms with van der Waals surface area (Å²) in [5.41, 5.74) is 22.4. The van der Waals surface area contributed by atoms with Crippen molar-refractivity contribution in [2.75, 3.05) is 4.90 Å². The van der Waals surface area contributed by atoms with Crippen molar-refractivity contribution < 1.29 is 0 Å². The summed E-state index contributed by atoms with van der Waals surface area (Å²) >= 11 is 0. The molecule has 3 nitrogen and oxygen atoms in total. The smallest absolute Gasteiger partial charge is 0.0541 e. The monoisotopic (exact) mass is 961 g/mol. The van der Waals surface area contributed by atoms with Gasteiger partial charge in [0.25, 0.3) is 0 Å². The highest BCUT2D eigenvalue weighted by molar-refractivity contribution is 6.09. The lowest BCUT2D eigenvalue weighted by atomic mass is 9.88. The van der Waals surface area contributed by atoms with Crippen LogP contribution in [-0.2, 0) is 6.42 Å². The highest BCUT2D eigenvalue weighted by atomic mass is 15.2. The SMILES string of the molecule is C1=CC=CC(C2=CCC=C2N(c2ccc(-c3ccc(-c4ccc(-n5c6c(c7ccccc75)CCC=C6)cc4)cc3)cc2)c2ccc(C3C=CC(c4ccc(-n5c6ccccc6c6ccccc65)cc4)=CC3)cc2)C=C1. The molecule has 0 radical (unpaired) electrons. The summed E-state index contributed by atoms with van der Waals surface area (Å²) in [5, 5.41) is 3.93. The highest BCUT2D eigenvalue weighted by Crippen LogP contribution is 2.42. The summed E-state index contributed by atoms with van der Waals surface area (Å²) < 4.78 is 4.81. The van der Waals surface area contributed by atoms with Gasteiger partial charge in [0.1, 0.15) is 0 Å². The summed E-state index contributed by atoms with van der Waals surface area (Å²) in [6, 6.07) is 71.8. The molecule has 1 unspecified atom stereocenters. The largest absolute Gasteiger partial charge is 0.311 e. The quantitative estimate of drug-likeness (QED) is 0.133. The summed E-state index contributed by atoms with van der Waals surface area (Å²) in [5.74, 6) is 0.500. The first-order valence-corrected chi connectivity index (χ1v) is 26.6. The Bertz CT molecular complexity index is 4000. The van der Waals surface area contributed by atoms with Crippen LogP contribution in [0.25, 0.3) is 78.0 Å². The van der Waals surface area contributed by atoms with Crippen LogP contribution >= 0.6 is 0 Å². The van der Waals surface area contributed by atoms with Gasteiger partial charge in [0.15, 0.2) is 0 Å². The summed E-state index contributed by atoms with van der Waals surface area (Å²) in [6.07, 6.45) is 33.7. The number of fused-ring (bicyclic) bond motifs is 6. The number of para-hydroxylation sites is 3. The molecule has 0 bridgehead atoms. The molecule has 0 saturated carbocycles. The van der Waals surface area contributed by atoms with E-state index >= 15 is 0 Å². The molecule has 4 aliphatic carbocycles. The van der Waals surface area contributed by atoms with E-state index in [4.69, 9.17) is 0 Å². The van der Waals surface area contributed by atoms with Crippen molar-refractivity contribution in [3.63, 3.8) is 0 Å². The van der Waals surface area contributed by atoms with Crippen LogP contribution in [0.3, 0.4) is 0 Å². The van der Waals surface area contributed by atoms with E-state index in [9.17, 15) is 0 Å². The molecule has 3 heteroatoms. The van der Waals surface area contributed by atoms with Gasteiger partial charge < -0.3 is 14.0 Å². The molecule has 14 rings (SSSR count). The molecule has 0 amide bonds. The van der Waals surface area contributed by atoms with Gasteiger partial charge in [-0.2, -0.15) is 0 Å². The minimum atomic E-state index is 0.193. The number of rotatable bonds is 10. The maximum absolute atomic E-state index is 2.46. The molecule has 2 heterocycles. The van der Waals surface area contributed by atoms with E-state index < -0.39 is 0 Å². The second-order valence-electron chi connectivity index (χ2n) is 20.2. The molecule has 10 aromatic rings. The number of anilines is 2. The van der Waals surface area contributed by atoms with Crippen LogP contribution in [-0.4, -0.2) is 9.13 Å². The Hall–Kier alpha value is -9.18. The average Bonchev–Trinajstić information content (AvgIpc) is 4.15. The fourth-order valence-electron chi connectivity index (χ4n) is 12.1. The number of hydrogen-bond acceptors (Lipinski definition) is 1. The molecule has 0 fully saturated rings. The molecular weight excluding hydrogens is 907 g/mol. The number of aromatic nitrogens is 2. The van der Waals surface area contributed by atoms with Crippen LogP contribution in [0.4, 0.5) is 11.4 Å². The number of nitrogens with zero attached hydrogens (tertiary/aromatic N) is 3. The van der Waals surface area contributed by atoms with E-state index in [-0.39, 0.29) is 5.92 Å². The van der Waals surface area contributed by atoms with E-state index in [1.54, 1.807) is 0 Å². The maximum atomic E-state index is 2.46. The van der Waals surface area contributed by atoms with Gasteiger partial charge in [0.2, 0.25) is 0 Å². The zero-order chi connectivity index (χ0) is 49.7. The molecule has 0 spiro atoms. The van der Waals surface area contributed by atoms with Crippen molar-refractivity contribution in [1.82, 2.24) is 9.13 Å². The zero-order valence-electron chi connectivity index (χ0n) is 41.8. The van der Waals surface area contributed by atoms with Crippen LogP contribution in [0.2, 0.25) is 0 Å². The van der Waals surface area contributed by atoms with Crippen molar-refractivity contribution >= 4 is 55.7 Å². The minimum Gasteiger partial charge on any atom is -0.311 e. The number of allylic oxidation sites excluding steroid dienone is 14. The minimum absolute atomic E-state index is 0.193. The normalized spacial score (nSPS) is 16.1. The van der Waals surface area contributed by atoms with Gasteiger partial charge in [-0.15, -0.1) is 0 Å². The Labute approximate surface area is 439 Å². The van der Waals surface area contributed by atoms with E-state index in [1.165, 1.54) is 106 Å². The molecule has 1 atom stereocenters. The maximum Gasteiger partial charge on any atom is 0.0541 e. The lowest BCUT2D eigenvalue weighted by molar-refractivity contribution is 0.856. The Kier molecular flexibility index (Phi) is 11.3. The second-order valence-corrected chi connectivity index (χ2v) is 20.2. The molecule has 0 N–H and O–H groups in total. The molecule has 75 heavy (non-hydrogen) atoms. The Balaban J connectivity index is 0.702. The summed E-state index contributed by atoms with van der Waals surface area (Å²) in [4.78, 5) is 2.46. The third-order valence-corrected chi connectivity index (χ3v) is 15.9. The van der Waals surface area contributed by atoms with Gasteiger partial charge in [-0.25, -0.2) is 0 Å². The molecule has 4 aliphatic rings. The highest BCUT2D eigenvalue weighted by Gasteiger charge is 2.26. The third-order valence-electron chi connectivity index (χ3n) is 15.9. The van der Waals surface area contributed by atoms with Crippen LogP contribution in [0.1, 0.15) is 47.6 Å². The number of benzene rings is 8. The van der Waals surface area contributed by atoms with Crippen LogP contribution in [0.5, 0.6) is 0 Å². The average molecular weight is 962 g/mol. The fraction of sp³-hybridized carbons (Fsp3) is 0.0833. The topological polar surface area (TPSA) is 13.1 Å². The number of hydrogen-bond donors (Lipinski definition) is 0. The van der Waals surface area contributed by atoms with Crippen molar-refractivity contribution in [2.24, 2.45) is 5.92 Å². The third kappa shape index (κ3) is 8.09. The van der Waals surface area contributed by atoms with Crippen LogP contribution in [0, 0.1) is 5.92 Å². The Morgan fingerprint density at radius 3 is 1.55 bits per heavy atom. The van der Waals surface area contributed by atoms with E-state index in [0.29, 0.717) is 5.92 Å². The van der Waals surface area contributed by atoms with E-state index in [2.05, 4.69) is 287 Å². The number of aryl methyl sites for hydroxylation is 1. The van der Waals surface area contributed by atoms with Gasteiger partial charge in [-0.05, 0) is 149 Å². The zero-order valence-corrected chi connectivity index (χ0v) is 41.8. The molecule has 0 aliphatic heterocycles. The van der Waals surface area contributed by atoms with E-state index in [1.807, 2.05) is 0 Å². The predicted molar refractivity (Wildman–Crippen MR) is 317 cm³/mol. The van der Waals surface area contributed by atoms with Gasteiger partial charge in [0.05, 0.1) is 16.6 Å².